The number of carbonyl (C=O) groups is 1. The summed E-state index contributed by atoms with van der Waals surface area (Å²) in [5.41, 5.74) is 4.90. The van der Waals surface area contributed by atoms with Crippen molar-refractivity contribution < 1.29 is 4.79 Å². The lowest BCUT2D eigenvalue weighted by molar-refractivity contribution is 0.248. The van der Waals surface area contributed by atoms with Gasteiger partial charge in [0.05, 0.1) is 0 Å². The smallest absolute Gasteiger partial charge is 0.312 e. The quantitative estimate of drug-likeness (QED) is 0.499. The number of nitrogens with one attached hydrogen (secondary N) is 2. The highest BCUT2D eigenvalue weighted by Crippen LogP contribution is 2.18. The number of amides is 2. The van der Waals surface area contributed by atoms with Gasteiger partial charge in [0, 0.05) is 12.6 Å². The summed E-state index contributed by atoms with van der Waals surface area (Å²) < 4.78 is 0. The van der Waals surface area contributed by atoms with E-state index in [0.717, 1.165) is 25.4 Å². The van der Waals surface area contributed by atoms with E-state index in [1.54, 1.807) is 0 Å². The largest absolute Gasteiger partial charge is 0.352 e. The number of hydrogen-bond donors (Lipinski definition) is 3. The normalized spacial score (nSPS) is 16.0. The number of primary amides is 1. The van der Waals surface area contributed by atoms with E-state index in [1.165, 1.54) is 12.8 Å². The van der Waals surface area contributed by atoms with Gasteiger partial charge in [0.15, 0.2) is 0 Å². The summed E-state index contributed by atoms with van der Waals surface area (Å²) in [6.45, 7) is 1.76. The van der Waals surface area contributed by atoms with E-state index in [0.29, 0.717) is 6.54 Å². The lowest BCUT2D eigenvalue weighted by atomic mass is 10.3. The zero-order valence-electron chi connectivity index (χ0n) is 7.31. The van der Waals surface area contributed by atoms with E-state index in [-0.39, 0.29) is 0 Å². The molecule has 0 radical (unpaired) electrons. The molecule has 4 N–H and O–H groups in total. The van der Waals surface area contributed by atoms with Gasteiger partial charge in [-0.1, -0.05) is 0 Å². The second-order valence-electron chi connectivity index (χ2n) is 3.23. The maximum absolute atomic E-state index is 10.2. The van der Waals surface area contributed by atoms with Crippen LogP contribution in [0.3, 0.4) is 0 Å². The van der Waals surface area contributed by atoms with E-state index in [2.05, 4.69) is 10.6 Å². The Morgan fingerprint density at radius 3 is 2.58 bits per heavy atom. The summed E-state index contributed by atoms with van der Waals surface area (Å²) in [7, 11) is 0. The minimum absolute atomic E-state index is 0.426. The summed E-state index contributed by atoms with van der Waals surface area (Å²) in [5, 5.41) is 5.96. The number of urea groups is 1. The van der Waals surface area contributed by atoms with Gasteiger partial charge in [0.2, 0.25) is 0 Å². The first-order chi connectivity index (χ1) is 5.79. The third kappa shape index (κ3) is 4.96. The highest BCUT2D eigenvalue weighted by atomic mass is 16.2. The zero-order valence-corrected chi connectivity index (χ0v) is 7.31. The number of unbranched alkanes of at least 4 members (excludes halogenated alkanes) is 1. The van der Waals surface area contributed by atoms with Crippen molar-refractivity contribution in [3.05, 3.63) is 0 Å². The van der Waals surface area contributed by atoms with Gasteiger partial charge in [0.1, 0.15) is 0 Å². The molecule has 1 aliphatic rings. The molecule has 4 heteroatoms. The third-order valence-corrected chi connectivity index (χ3v) is 1.91. The first-order valence-electron chi connectivity index (χ1n) is 4.56. The standard InChI is InChI=1S/C8H17N3O/c9-8(12)11-6-2-1-5-10-7-3-4-7/h7,10H,1-6H2,(H3,9,11,12). The molecule has 0 aromatic carbocycles. The summed E-state index contributed by atoms with van der Waals surface area (Å²) >= 11 is 0. The van der Waals surface area contributed by atoms with Gasteiger partial charge in [-0.2, -0.15) is 0 Å². The van der Waals surface area contributed by atoms with Crippen molar-refractivity contribution >= 4 is 6.03 Å². The van der Waals surface area contributed by atoms with Crippen molar-refractivity contribution in [3.8, 4) is 0 Å². The van der Waals surface area contributed by atoms with Crippen molar-refractivity contribution in [3.63, 3.8) is 0 Å². The highest BCUT2D eigenvalue weighted by Gasteiger charge is 2.19. The maximum atomic E-state index is 10.2. The Hall–Kier alpha value is -0.770. The summed E-state index contributed by atoms with van der Waals surface area (Å²) in [6, 6.07) is 0.360. The molecule has 0 unspecified atom stereocenters. The number of hydrogen-bond acceptors (Lipinski definition) is 2. The molecule has 0 bridgehead atoms. The zero-order chi connectivity index (χ0) is 8.81. The molecule has 0 saturated heterocycles. The molecule has 1 rings (SSSR count). The van der Waals surface area contributed by atoms with Crippen LogP contribution in [-0.4, -0.2) is 25.2 Å². The van der Waals surface area contributed by atoms with E-state index in [4.69, 9.17) is 5.73 Å². The van der Waals surface area contributed by atoms with Gasteiger partial charge >= 0.3 is 6.03 Å². The molecule has 0 aromatic heterocycles. The second kappa shape index (κ2) is 4.98. The Balaban J connectivity index is 1.73. The molecule has 0 spiro atoms. The van der Waals surface area contributed by atoms with E-state index in [9.17, 15) is 4.79 Å². The molecule has 0 aliphatic heterocycles. The second-order valence-corrected chi connectivity index (χ2v) is 3.23. The minimum Gasteiger partial charge on any atom is -0.352 e. The summed E-state index contributed by atoms with van der Waals surface area (Å²) in [4.78, 5) is 10.2. The molecule has 12 heavy (non-hydrogen) atoms. The van der Waals surface area contributed by atoms with Crippen molar-refractivity contribution in [1.29, 1.82) is 0 Å². The molecule has 0 atom stereocenters. The van der Waals surface area contributed by atoms with Crippen LogP contribution in [0.2, 0.25) is 0 Å². The van der Waals surface area contributed by atoms with Crippen molar-refractivity contribution in [2.24, 2.45) is 5.73 Å². The molecular formula is C8H17N3O. The van der Waals surface area contributed by atoms with Crippen LogP contribution in [0.5, 0.6) is 0 Å². The molecule has 0 aromatic rings. The maximum Gasteiger partial charge on any atom is 0.312 e. The lowest BCUT2D eigenvalue weighted by Crippen LogP contribution is -2.30. The van der Waals surface area contributed by atoms with Gasteiger partial charge in [-0.05, 0) is 32.2 Å². The van der Waals surface area contributed by atoms with Crippen molar-refractivity contribution in [2.45, 2.75) is 31.7 Å². The minimum atomic E-state index is -0.426. The Bertz CT molecular complexity index is 145. The number of nitrogens with two attached hydrogens (primary N) is 1. The number of rotatable bonds is 6. The van der Waals surface area contributed by atoms with Gasteiger partial charge < -0.3 is 16.4 Å². The predicted molar refractivity (Wildman–Crippen MR) is 47.8 cm³/mol. The molecular weight excluding hydrogens is 154 g/mol. The molecule has 70 valence electrons. The van der Waals surface area contributed by atoms with Gasteiger partial charge in [-0.15, -0.1) is 0 Å². The van der Waals surface area contributed by atoms with E-state index in [1.807, 2.05) is 0 Å². The summed E-state index contributed by atoms with van der Waals surface area (Å²) in [5.74, 6) is 0. The van der Waals surface area contributed by atoms with Gasteiger partial charge in [-0.3, -0.25) is 0 Å². The van der Waals surface area contributed by atoms with Crippen molar-refractivity contribution in [2.75, 3.05) is 13.1 Å². The first-order valence-corrected chi connectivity index (χ1v) is 4.56. The fourth-order valence-electron chi connectivity index (χ4n) is 1.06. The number of carbonyl (C=O) groups excluding carboxylic acids is 1. The third-order valence-electron chi connectivity index (χ3n) is 1.91. The van der Waals surface area contributed by atoms with Crippen LogP contribution in [0.15, 0.2) is 0 Å². The fraction of sp³-hybridized carbons (Fsp3) is 0.875. The Labute approximate surface area is 72.9 Å². The Kier molecular flexibility index (Phi) is 3.87. The highest BCUT2D eigenvalue weighted by molar-refractivity contribution is 5.71. The summed E-state index contributed by atoms with van der Waals surface area (Å²) in [6.07, 6.45) is 4.78. The van der Waals surface area contributed by atoms with E-state index >= 15 is 0 Å². The first kappa shape index (κ1) is 9.32. The van der Waals surface area contributed by atoms with Crippen LogP contribution < -0.4 is 16.4 Å². The molecule has 1 fully saturated rings. The predicted octanol–water partition coefficient (Wildman–Crippen LogP) is 0.187. The van der Waals surface area contributed by atoms with Crippen LogP contribution in [0.25, 0.3) is 0 Å². The van der Waals surface area contributed by atoms with Crippen LogP contribution >= 0.6 is 0 Å². The fourth-order valence-corrected chi connectivity index (χ4v) is 1.06. The van der Waals surface area contributed by atoms with Crippen LogP contribution in [0.1, 0.15) is 25.7 Å². The lowest BCUT2D eigenvalue weighted by Gasteiger charge is -2.02. The van der Waals surface area contributed by atoms with Gasteiger partial charge in [0.25, 0.3) is 0 Å². The van der Waals surface area contributed by atoms with Crippen LogP contribution in [0.4, 0.5) is 4.79 Å². The van der Waals surface area contributed by atoms with Crippen molar-refractivity contribution in [1.82, 2.24) is 10.6 Å². The van der Waals surface area contributed by atoms with Crippen LogP contribution in [0, 0.1) is 0 Å². The van der Waals surface area contributed by atoms with Crippen LogP contribution in [-0.2, 0) is 0 Å². The Morgan fingerprint density at radius 1 is 1.33 bits per heavy atom. The van der Waals surface area contributed by atoms with Gasteiger partial charge in [-0.25, -0.2) is 4.79 Å². The molecule has 1 aliphatic carbocycles. The monoisotopic (exact) mass is 171 g/mol. The SMILES string of the molecule is NC(=O)NCCCCNC1CC1. The molecule has 2 amide bonds. The topological polar surface area (TPSA) is 67.2 Å². The molecule has 4 nitrogen and oxygen atoms in total. The average Bonchev–Trinajstić information content (AvgIpc) is 2.79. The average molecular weight is 171 g/mol. The molecule has 1 saturated carbocycles. The Morgan fingerprint density at radius 2 is 2.00 bits per heavy atom. The molecule has 0 heterocycles. The van der Waals surface area contributed by atoms with E-state index < -0.39 is 6.03 Å².